The highest BCUT2D eigenvalue weighted by Crippen LogP contribution is 2.30. The lowest BCUT2D eigenvalue weighted by atomic mass is 10.2. The molecule has 0 spiro atoms. The highest BCUT2D eigenvalue weighted by atomic mass is 16.2. The summed E-state index contributed by atoms with van der Waals surface area (Å²) in [4.78, 5) is 25.5. The van der Waals surface area contributed by atoms with Gasteiger partial charge in [0.25, 0.3) is 0 Å². The molecule has 0 bridgehead atoms. The van der Waals surface area contributed by atoms with Crippen molar-refractivity contribution in [3.8, 4) is 0 Å². The van der Waals surface area contributed by atoms with Crippen molar-refractivity contribution >= 4 is 11.9 Å². The molecule has 0 radical (unpaired) electrons. The largest absolute Gasteiger partial charge is 0.338 e. The zero-order chi connectivity index (χ0) is 13.9. The smallest absolute Gasteiger partial charge is 0.315 e. The van der Waals surface area contributed by atoms with Crippen molar-refractivity contribution in [3.05, 3.63) is 11.6 Å². The van der Waals surface area contributed by atoms with E-state index in [0.717, 1.165) is 19.3 Å². The van der Waals surface area contributed by atoms with Crippen LogP contribution in [-0.4, -0.2) is 42.0 Å². The molecule has 1 saturated heterocycles. The number of rotatable bonds is 5. The Morgan fingerprint density at radius 1 is 1.40 bits per heavy atom. The number of hydrogen-bond acceptors (Lipinski definition) is 2. The molecule has 110 valence electrons. The van der Waals surface area contributed by atoms with E-state index in [0.29, 0.717) is 25.6 Å². The molecule has 5 nitrogen and oxygen atoms in total. The number of nitrogens with one attached hydrogen (secondary N) is 2. The molecule has 1 atom stereocenters. The van der Waals surface area contributed by atoms with Gasteiger partial charge < -0.3 is 15.5 Å². The molecular weight excluding hydrogens is 254 g/mol. The molecule has 1 heterocycles. The maximum Gasteiger partial charge on any atom is 0.315 e. The summed E-state index contributed by atoms with van der Waals surface area (Å²) in [6, 6.07) is 0.291. The Hall–Kier alpha value is -1.52. The molecule has 3 aliphatic rings. The van der Waals surface area contributed by atoms with Crippen LogP contribution in [0.5, 0.6) is 0 Å². The van der Waals surface area contributed by atoms with Gasteiger partial charge in [-0.25, -0.2) is 4.79 Å². The Bertz CT molecular complexity index is 429. The van der Waals surface area contributed by atoms with Crippen LogP contribution in [0.1, 0.15) is 44.9 Å². The molecule has 2 N–H and O–H groups in total. The van der Waals surface area contributed by atoms with E-state index in [1.165, 1.54) is 24.8 Å². The van der Waals surface area contributed by atoms with Gasteiger partial charge in [-0.05, 0) is 38.5 Å². The minimum absolute atomic E-state index is 0.0196. The van der Waals surface area contributed by atoms with Gasteiger partial charge in [0.2, 0.25) is 5.91 Å². The van der Waals surface area contributed by atoms with E-state index < -0.39 is 0 Å². The second kappa shape index (κ2) is 5.85. The second-order valence-electron chi connectivity index (χ2n) is 6.08. The summed E-state index contributed by atoms with van der Waals surface area (Å²) in [5, 5.41) is 5.81. The molecule has 0 aromatic rings. The molecule has 0 aromatic carbocycles. The van der Waals surface area contributed by atoms with E-state index >= 15 is 0 Å². The monoisotopic (exact) mass is 277 g/mol. The molecule has 0 aromatic heterocycles. The molecule has 1 aliphatic heterocycles. The summed E-state index contributed by atoms with van der Waals surface area (Å²) in [6.07, 6.45) is 9.55. The zero-order valence-electron chi connectivity index (χ0n) is 11.9. The predicted molar refractivity (Wildman–Crippen MR) is 76.2 cm³/mol. The van der Waals surface area contributed by atoms with Gasteiger partial charge in [0.05, 0.1) is 6.04 Å². The third-order valence-corrected chi connectivity index (χ3v) is 4.35. The van der Waals surface area contributed by atoms with E-state index in [1.807, 2.05) is 4.90 Å². The fraction of sp³-hybridized carbons (Fsp3) is 0.733. The number of likely N-dealkylation sites (tertiary alicyclic amines) is 1. The molecule has 5 heteroatoms. The fourth-order valence-corrected chi connectivity index (χ4v) is 3.10. The highest BCUT2D eigenvalue weighted by molar-refractivity contribution is 5.82. The summed E-state index contributed by atoms with van der Waals surface area (Å²) in [5.74, 6) is 0.189. The third-order valence-electron chi connectivity index (χ3n) is 4.35. The summed E-state index contributed by atoms with van der Waals surface area (Å²) in [7, 11) is 0. The topological polar surface area (TPSA) is 61.4 Å². The molecule has 3 rings (SSSR count). The minimum Gasteiger partial charge on any atom is -0.338 e. The van der Waals surface area contributed by atoms with Crippen molar-refractivity contribution < 1.29 is 9.59 Å². The summed E-state index contributed by atoms with van der Waals surface area (Å²) in [6.45, 7) is 1.37. The van der Waals surface area contributed by atoms with Gasteiger partial charge in [-0.2, -0.15) is 0 Å². The van der Waals surface area contributed by atoms with E-state index in [1.54, 1.807) is 0 Å². The lowest BCUT2D eigenvalue weighted by Crippen LogP contribution is -2.43. The Morgan fingerprint density at radius 2 is 2.25 bits per heavy atom. The number of carbonyl (C=O) groups excluding carboxylic acids is 2. The average molecular weight is 277 g/mol. The summed E-state index contributed by atoms with van der Waals surface area (Å²) < 4.78 is 0. The first-order chi connectivity index (χ1) is 9.72. The van der Waals surface area contributed by atoms with E-state index in [4.69, 9.17) is 0 Å². The maximum absolute atomic E-state index is 11.8. The van der Waals surface area contributed by atoms with Gasteiger partial charge in [-0.15, -0.1) is 0 Å². The Morgan fingerprint density at radius 3 is 2.95 bits per heavy atom. The van der Waals surface area contributed by atoms with Crippen LogP contribution in [0.4, 0.5) is 4.79 Å². The molecule has 1 unspecified atom stereocenters. The van der Waals surface area contributed by atoms with E-state index in [-0.39, 0.29) is 18.0 Å². The highest BCUT2D eigenvalue weighted by Gasteiger charge is 2.39. The Balaban J connectivity index is 1.35. The number of hydrogen-bond donors (Lipinski definition) is 2. The SMILES string of the molecule is O=C(NCCC1=CCCC1)NC1CC(=O)N(C2CC2)C1. The van der Waals surface area contributed by atoms with Crippen LogP contribution in [0.2, 0.25) is 0 Å². The van der Waals surface area contributed by atoms with Crippen LogP contribution in [-0.2, 0) is 4.79 Å². The number of nitrogens with zero attached hydrogens (tertiary/aromatic N) is 1. The van der Waals surface area contributed by atoms with Crippen LogP contribution in [0, 0.1) is 0 Å². The first-order valence-electron chi connectivity index (χ1n) is 7.74. The van der Waals surface area contributed by atoms with Gasteiger partial charge in [0.15, 0.2) is 0 Å². The van der Waals surface area contributed by atoms with E-state index in [2.05, 4.69) is 16.7 Å². The van der Waals surface area contributed by atoms with Crippen LogP contribution in [0.3, 0.4) is 0 Å². The quantitative estimate of drug-likeness (QED) is 0.749. The Labute approximate surface area is 119 Å². The van der Waals surface area contributed by atoms with Gasteiger partial charge in [-0.3, -0.25) is 4.79 Å². The van der Waals surface area contributed by atoms with Crippen molar-refractivity contribution in [2.45, 2.75) is 57.0 Å². The summed E-state index contributed by atoms with van der Waals surface area (Å²) in [5.41, 5.74) is 1.46. The average Bonchev–Trinajstić information content (AvgIpc) is 3.00. The maximum atomic E-state index is 11.8. The first-order valence-corrected chi connectivity index (χ1v) is 7.74. The van der Waals surface area contributed by atoms with Gasteiger partial charge in [0.1, 0.15) is 0 Å². The van der Waals surface area contributed by atoms with E-state index in [9.17, 15) is 9.59 Å². The van der Waals surface area contributed by atoms with Gasteiger partial charge >= 0.3 is 6.03 Å². The fourth-order valence-electron chi connectivity index (χ4n) is 3.10. The number of urea groups is 1. The molecule has 20 heavy (non-hydrogen) atoms. The first kappa shape index (κ1) is 13.5. The number of amides is 3. The normalized spacial score (nSPS) is 25.8. The van der Waals surface area contributed by atoms with Crippen molar-refractivity contribution in [1.29, 1.82) is 0 Å². The van der Waals surface area contributed by atoms with Crippen molar-refractivity contribution in [1.82, 2.24) is 15.5 Å². The molecule has 2 aliphatic carbocycles. The van der Waals surface area contributed by atoms with Gasteiger partial charge in [0, 0.05) is 25.6 Å². The molecule has 1 saturated carbocycles. The lowest BCUT2D eigenvalue weighted by Gasteiger charge is -2.16. The minimum atomic E-state index is -0.140. The molecule has 2 fully saturated rings. The van der Waals surface area contributed by atoms with Crippen LogP contribution < -0.4 is 10.6 Å². The second-order valence-corrected chi connectivity index (χ2v) is 6.08. The lowest BCUT2D eigenvalue weighted by molar-refractivity contribution is -0.128. The standard InChI is InChI=1S/C15H23N3O2/c19-14-9-12(10-18(14)13-5-6-13)17-15(20)16-8-7-11-3-1-2-4-11/h3,12-13H,1-2,4-10H2,(H2,16,17,20). The Kier molecular flexibility index (Phi) is 3.94. The van der Waals surface area contributed by atoms with Crippen LogP contribution in [0.25, 0.3) is 0 Å². The van der Waals surface area contributed by atoms with Crippen molar-refractivity contribution in [2.24, 2.45) is 0 Å². The number of carbonyl (C=O) groups is 2. The number of allylic oxidation sites excluding steroid dienone is 1. The molecular formula is C15H23N3O2. The van der Waals surface area contributed by atoms with Crippen LogP contribution in [0.15, 0.2) is 11.6 Å². The third kappa shape index (κ3) is 3.32. The van der Waals surface area contributed by atoms with Crippen molar-refractivity contribution in [2.75, 3.05) is 13.1 Å². The van der Waals surface area contributed by atoms with Gasteiger partial charge in [-0.1, -0.05) is 11.6 Å². The molecule has 3 amide bonds. The zero-order valence-corrected chi connectivity index (χ0v) is 11.9. The van der Waals surface area contributed by atoms with Crippen molar-refractivity contribution in [3.63, 3.8) is 0 Å². The predicted octanol–water partition coefficient (Wildman–Crippen LogP) is 1.55. The summed E-state index contributed by atoms with van der Waals surface area (Å²) >= 11 is 0. The van der Waals surface area contributed by atoms with Crippen LogP contribution >= 0.6 is 0 Å².